The summed E-state index contributed by atoms with van der Waals surface area (Å²) >= 11 is 0. The maximum atomic E-state index is 12.6. The first-order valence-electron chi connectivity index (χ1n) is 9.34. The Labute approximate surface area is 138 Å². The van der Waals surface area contributed by atoms with Crippen molar-refractivity contribution in [2.24, 2.45) is 39.7 Å². The van der Waals surface area contributed by atoms with Crippen molar-refractivity contribution in [1.29, 1.82) is 0 Å². The van der Waals surface area contributed by atoms with Gasteiger partial charge < -0.3 is 10.3 Å². The van der Waals surface area contributed by atoms with E-state index in [0.29, 0.717) is 41.2 Å². The molecule has 0 amide bonds. The Morgan fingerprint density at radius 1 is 1.09 bits per heavy atom. The summed E-state index contributed by atoms with van der Waals surface area (Å²) < 4.78 is 0. The Morgan fingerprint density at radius 3 is 2.61 bits per heavy atom. The van der Waals surface area contributed by atoms with Crippen LogP contribution in [-0.2, 0) is 4.79 Å². The third-order valence-corrected chi connectivity index (χ3v) is 8.34. The number of fused-ring (bicyclic) bond motifs is 5. The topological polar surface area (TPSA) is 69.9 Å². The molecule has 0 heterocycles. The molecule has 0 saturated heterocycles. The van der Waals surface area contributed by atoms with Gasteiger partial charge >= 0.3 is 0 Å². The summed E-state index contributed by atoms with van der Waals surface area (Å²) in [5.41, 5.74) is 0.427. The molecule has 4 nitrogen and oxygen atoms in total. The van der Waals surface area contributed by atoms with E-state index in [2.05, 4.69) is 19.0 Å². The number of oxime groups is 1. The first-order chi connectivity index (χ1) is 10.9. The average molecular weight is 319 g/mol. The number of aliphatic hydroxyl groups excluding tert-OH is 1. The lowest BCUT2D eigenvalue weighted by molar-refractivity contribution is -0.141. The molecule has 0 aromatic rings. The predicted octanol–water partition coefficient (Wildman–Crippen LogP) is 3.40. The third kappa shape index (κ3) is 2.00. The molecule has 4 rings (SSSR count). The molecule has 128 valence electrons. The number of aliphatic hydroxyl groups is 1. The lowest BCUT2D eigenvalue weighted by atomic mass is 9.45. The van der Waals surface area contributed by atoms with Gasteiger partial charge in [0.1, 0.15) is 5.71 Å². The van der Waals surface area contributed by atoms with E-state index in [4.69, 9.17) is 0 Å². The standard InChI is InChI=1S/C19H29NO3/c1-18-7-5-12(21)9-11(18)3-4-13-14(18)6-8-19(2)15(13)10-16(20-23)17(19)22/h11-15,21,23H,3-10H2,1-2H3/b20-16-/t11-,12+,13+,14-,15-,18-,19-/m0/s1. The van der Waals surface area contributed by atoms with Crippen molar-refractivity contribution < 1.29 is 15.1 Å². The molecule has 0 aliphatic heterocycles. The van der Waals surface area contributed by atoms with Crippen LogP contribution in [0.2, 0.25) is 0 Å². The molecule has 0 spiro atoms. The number of rotatable bonds is 0. The Balaban J connectivity index is 1.66. The summed E-state index contributed by atoms with van der Waals surface area (Å²) in [5.74, 6) is 2.32. The van der Waals surface area contributed by atoms with Gasteiger partial charge in [-0.15, -0.1) is 0 Å². The first kappa shape index (κ1) is 15.6. The number of carbonyl (C=O) groups excluding carboxylic acids is 1. The molecule has 4 aliphatic carbocycles. The molecule has 0 unspecified atom stereocenters. The zero-order valence-electron chi connectivity index (χ0n) is 14.3. The number of hydrogen-bond acceptors (Lipinski definition) is 4. The molecule has 4 fully saturated rings. The van der Waals surface area contributed by atoms with E-state index in [9.17, 15) is 15.1 Å². The highest BCUT2D eigenvalue weighted by atomic mass is 16.4. The summed E-state index contributed by atoms with van der Waals surface area (Å²) in [6.45, 7) is 4.55. The fraction of sp³-hybridized carbons (Fsp3) is 0.895. The maximum Gasteiger partial charge on any atom is 0.186 e. The minimum Gasteiger partial charge on any atom is -0.411 e. The van der Waals surface area contributed by atoms with Crippen LogP contribution in [0.25, 0.3) is 0 Å². The van der Waals surface area contributed by atoms with Gasteiger partial charge in [0.05, 0.1) is 6.10 Å². The van der Waals surface area contributed by atoms with Crippen LogP contribution in [0, 0.1) is 34.5 Å². The first-order valence-corrected chi connectivity index (χ1v) is 9.34. The zero-order chi connectivity index (χ0) is 16.4. The molecule has 0 bridgehead atoms. The molecule has 4 saturated carbocycles. The molecule has 23 heavy (non-hydrogen) atoms. The lowest BCUT2D eigenvalue weighted by Crippen LogP contribution is -2.54. The summed E-state index contributed by atoms with van der Waals surface area (Å²) in [5, 5.41) is 22.6. The van der Waals surface area contributed by atoms with Gasteiger partial charge in [-0.2, -0.15) is 0 Å². The molecule has 4 aliphatic rings. The van der Waals surface area contributed by atoms with Crippen LogP contribution in [0.3, 0.4) is 0 Å². The minimum absolute atomic E-state index is 0.0924. The summed E-state index contributed by atoms with van der Waals surface area (Å²) in [6, 6.07) is 0. The minimum atomic E-state index is -0.305. The fourth-order valence-corrected chi connectivity index (χ4v) is 6.93. The largest absolute Gasteiger partial charge is 0.411 e. The Hall–Kier alpha value is -0.900. The normalized spacial score (nSPS) is 54.5. The summed E-state index contributed by atoms with van der Waals surface area (Å²) in [4.78, 5) is 12.6. The molecular formula is C19H29NO3. The maximum absolute atomic E-state index is 12.6. The van der Waals surface area contributed by atoms with Crippen LogP contribution in [0.1, 0.15) is 65.2 Å². The SMILES string of the molecule is C[C@]12CC[C@@H](O)C[C@@H]1CC[C@@H]1[C@@H]2CC[C@]2(C)C(=O)/C(=N\O)C[C@@H]12. The molecule has 0 aromatic heterocycles. The van der Waals surface area contributed by atoms with Gasteiger partial charge in [0.15, 0.2) is 5.78 Å². The van der Waals surface area contributed by atoms with E-state index < -0.39 is 0 Å². The number of Topliss-reactive ketones (excluding diaryl/α,β-unsaturated/α-hetero) is 1. The van der Waals surface area contributed by atoms with E-state index in [0.717, 1.165) is 32.1 Å². The third-order valence-electron chi connectivity index (χ3n) is 8.34. The molecule has 7 atom stereocenters. The highest BCUT2D eigenvalue weighted by Gasteiger charge is 2.61. The Bertz CT molecular complexity index is 559. The lowest BCUT2D eigenvalue weighted by Gasteiger charge is -2.59. The summed E-state index contributed by atoms with van der Waals surface area (Å²) in [6.07, 6.45) is 7.97. The molecule has 4 heteroatoms. The zero-order valence-corrected chi connectivity index (χ0v) is 14.3. The number of hydrogen-bond donors (Lipinski definition) is 2. The van der Waals surface area contributed by atoms with Crippen LogP contribution in [-0.4, -0.2) is 27.9 Å². The van der Waals surface area contributed by atoms with Crippen molar-refractivity contribution in [3.05, 3.63) is 0 Å². The average Bonchev–Trinajstić information content (AvgIpc) is 2.79. The Kier molecular flexibility index (Phi) is 3.43. The summed E-state index contributed by atoms with van der Waals surface area (Å²) in [7, 11) is 0. The van der Waals surface area contributed by atoms with Crippen molar-refractivity contribution in [1.82, 2.24) is 0 Å². The van der Waals surface area contributed by atoms with Crippen LogP contribution in [0.4, 0.5) is 0 Å². The van der Waals surface area contributed by atoms with Gasteiger partial charge in [-0.05, 0) is 74.0 Å². The van der Waals surface area contributed by atoms with Gasteiger partial charge in [-0.1, -0.05) is 19.0 Å². The van der Waals surface area contributed by atoms with Gasteiger partial charge in [-0.25, -0.2) is 0 Å². The number of ketones is 1. The second kappa shape index (κ2) is 5.05. The van der Waals surface area contributed by atoms with Crippen molar-refractivity contribution in [3.8, 4) is 0 Å². The second-order valence-electron chi connectivity index (χ2n) is 9.12. The molecular weight excluding hydrogens is 290 g/mol. The highest BCUT2D eigenvalue weighted by molar-refractivity contribution is 6.43. The van der Waals surface area contributed by atoms with Gasteiger partial charge in [-0.3, -0.25) is 4.79 Å². The van der Waals surface area contributed by atoms with Gasteiger partial charge in [0, 0.05) is 11.8 Å². The predicted molar refractivity (Wildman–Crippen MR) is 87.3 cm³/mol. The van der Waals surface area contributed by atoms with E-state index in [1.807, 2.05) is 0 Å². The van der Waals surface area contributed by atoms with Crippen molar-refractivity contribution >= 4 is 11.5 Å². The van der Waals surface area contributed by atoms with Crippen molar-refractivity contribution in [2.75, 3.05) is 0 Å². The van der Waals surface area contributed by atoms with Gasteiger partial charge in [0.25, 0.3) is 0 Å². The van der Waals surface area contributed by atoms with Crippen molar-refractivity contribution in [3.63, 3.8) is 0 Å². The van der Waals surface area contributed by atoms with E-state index >= 15 is 0 Å². The fourth-order valence-electron chi connectivity index (χ4n) is 6.93. The second-order valence-corrected chi connectivity index (χ2v) is 9.12. The van der Waals surface area contributed by atoms with Crippen LogP contribution in [0.5, 0.6) is 0 Å². The quantitative estimate of drug-likeness (QED) is 0.531. The van der Waals surface area contributed by atoms with Crippen LogP contribution in [0.15, 0.2) is 5.16 Å². The van der Waals surface area contributed by atoms with E-state index in [1.54, 1.807) is 0 Å². The molecule has 2 N–H and O–H groups in total. The van der Waals surface area contributed by atoms with Crippen molar-refractivity contribution in [2.45, 2.75) is 71.3 Å². The van der Waals surface area contributed by atoms with Crippen LogP contribution < -0.4 is 0 Å². The molecule has 0 aromatic carbocycles. The van der Waals surface area contributed by atoms with E-state index in [1.165, 1.54) is 12.8 Å². The smallest absolute Gasteiger partial charge is 0.186 e. The number of nitrogens with zero attached hydrogens (tertiary/aromatic N) is 1. The van der Waals surface area contributed by atoms with Gasteiger partial charge in [0.2, 0.25) is 0 Å². The molecule has 0 radical (unpaired) electrons. The van der Waals surface area contributed by atoms with E-state index in [-0.39, 0.29) is 17.3 Å². The number of carbonyl (C=O) groups is 1. The monoisotopic (exact) mass is 319 g/mol. The highest BCUT2D eigenvalue weighted by Crippen LogP contribution is 2.65. The Morgan fingerprint density at radius 2 is 1.87 bits per heavy atom. The van der Waals surface area contributed by atoms with Crippen LogP contribution >= 0.6 is 0 Å².